The fraction of sp³-hybridized carbons (Fsp3) is 0.526. The van der Waals surface area contributed by atoms with Gasteiger partial charge in [-0.05, 0) is 42.5 Å². The molecule has 0 amide bonds. The van der Waals surface area contributed by atoms with E-state index >= 15 is 0 Å². The molecule has 0 spiro atoms. The van der Waals surface area contributed by atoms with Gasteiger partial charge in [0.15, 0.2) is 0 Å². The molecule has 0 N–H and O–H groups in total. The van der Waals surface area contributed by atoms with Gasteiger partial charge in [-0.25, -0.2) is 0 Å². The molecule has 2 nitrogen and oxygen atoms in total. The predicted molar refractivity (Wildman–Crippen MR) is 96.3 cm³/mol. The Balaban J connectivity index is 3.40. The molecule has 22 heavy (non-hydrogen) atoms. The van der Waals surface area contributed by atoms with Crippen LogP contribution in [0.2, 0.25) is 0 Å². The lowest BCUT2D eigenvalue weighted by molar-refractivity contribution is -0.140. The standard InChI is InChI=1S/C19H25BrO2/c1-22-19(21)17-15-13-11-9-7-5-3-2-4-6-8-10-12-14-16-18-20/h12,14,16,18H,2-4,6,8,10,13,15,17H2,1H3/b14-12-,18-16+. The van der Waals surface area contributed by atoms with E-state index in [1.807, 2.05) is 11.1 Å². The number of carbonyl (C=O) groups is 1. The van der Waals surface area contributed by atoms with Crippen LogP contribution in [0, 0.1) is 23.7 Å². The third kappa shape index (κ3) is 16.6. The number of esters is 1. The van der Waals surface area contributed by atoms with Gasteiger partial charge in [0, 0.05) is 19.3 Å². The second-order valence-corrected chi connectivity index (χ2v) is 5.26. The number of halogens is 1. The Labute approximate surface area is 143 Å². The van der Waals surface area contributed by atoms with E-state index in [-0.39, 0.29) is 5.97 Å². The largest absolute Gasteiger partial charge is 0.469 e. The molecule has 0 aromatic carbocycles. The van der Waals surface area contributed by atoms with Crippen molar-refractivity contribution in [2.24, 2.45) is 0 Å². The summed E-state index contributed by atoms with van der Waals surface area (Å²) in [5.41, 5.74) is 0. The van der Waals surface area contributed by atoms with Crippen molar-refractivity contribution < 1.29 is 9.53 Å². The van der Waals surface area contributed by atoms with Gasteiger partial charge in [0.25, 0.3) is 0 Å². The van der Waals surface area contributed by atoms with Crippen LogP contribution in [0.4, 0.5) is 0 Å². The van der Waals surface area contributed by atoms with Gasteiger partial charge in [-0.2, -0.15) is 0 Å². The van der Waals surface area contributed by atoms with Gasteiger partial charge in [-0.3, -0.25) is 4.79 Å². The van der Waals surface area contributed by atoms with Crippen molar-refractivity contribution in [3.05, 3.63) is 23.2 Å². The van der Waals surface area contributed by atoms with Gasteiger partial charge in [-0.15, -0.1) is 0 Å². The van der Waals surface area contributed by atoms with E-state index in [9.17, 15) is 4.79 Å². The molecule has 0 aromatic rings. The average molecular weight is 365 g/mol. The second-order valence-electron chi connectivity index (χ2n) is 4.73. The van der Waals surface area contributed by atoms with Gasteiger partial charge >= 0.3 is 5.97 Å². The summed E-state index contributed by atoms with van der Waals surface area (Å²) in [5.74, 6) is 11.5. The number of hydrogen-bond acceptors (Lipinski definition) is 2. The van der Waals surface area contributed by atoms with Crippen molar-refractivity contribution in [3.8, 4) is 23.7 Å². The highest BCUT2D eigenvalue weighted by Crippen LogP contribution is 2.05. The number of rotatable bonds is 10. The zero-order chi connectivity index (χ0) is 16.3. The molecule has 0 aliphatic rings. The van der Waals surface area contributed by atoms with E-state index < -0.39 is 0 Å². The van der Waals surface area contributed by atoms with Crippen molar-refractivity contribution in [1.29, 1.82) is 0 Å². The molecule has 0 rings (SSSR count). The SMILES string of the molecule is COC(=O)CCCC#CC#CCCCCCC/C=C\C=C\Br. The highest BCUT2D eigenvalue weighted by molar-refractivity contribution is 9.11. The summed E-state index contributed by atoms with van der Waals surface area (Å²) in [6.45, 7) is 0. The lowest BCUT2D eigenvalue weighted by Gasteiger charge is -1.95. The Bertz CT molecular complexity index is 455. The average Bonchev–Trinajstić information content (AvgIpc) is 2.54. The first-order chi connectivity index (χ1) is 10.8. The van der Waals surface area contributed by atoms with E-state index in [1.165, 1.54) is 26.4 Å². The third-order valence-corrected chi connectivity index (χ3v) is 3.20. The molecule has 0 fully saturated rings. The summed E-state index contributed by atoms with van der Waals surface area (Å²) in [6.07, 6.45) is 15.0. The Morgan fingerprint density at radius 1 is 1.00 bits per heavy atom. The molecule has 0 aromatic heterocycles. The minimum absolute atomic E-state index is 0.178. The molecule has 0 saturated heterocycles. The molecule has 0 unspecified atom stereocenters. The van der Waals surface area contributed by atoms with E-state index in [2.05, 4.69) is 56.5 Å². The van der Waals surface area contributed by atoms with Gasteiger partial charge in [-0.1, -0.05) is 58.8 Å². The second kappa shape index (κ2) is 17.6. The normalized spacial score (nSPS) is 10.1. The number of ether oxygens (including phenoxy) is 1. The number of allylic oxidation sites excluding steroid dienone is 3. The van der Waals surface area contributed by atoms with Crippen LogP contribution in [-0.2, 0) is 9.53 Å². The summed E-state index contributed by atoms with van der Waals surface area (Å²) in [6, 6.07) is 0. The molecule has 3 heteroatoms. The summed E-state index contributed by atoms with van der Waals surface area (Å²) >= 11 is 3.23. The van der Waals surface area contributed by atoms with Crippen LogP contribution in [0.15, 0.2) is 23.2 Å². The topological polar surface area (TPSA) is 26.3 Å². The molecular weight excluding hydrogens is 340 g/mol. The molecule has 0 heterocycles. The van der Waals surface area contributed by atoms with Crippen LogP contribution in [0.3, 0.4) is 0 Å². The first kappa shape index (κ1) is 20.6. The van der Waals surface area contributed by atoms with Crippen molar-refractivity contribution in [3.63, 3.8) is 0 Å². The fourth-order valence-corrected chi connectivity index (χ4v) is 1.86. The van der Waals surface area contributed by atoms with Gasteiger partial charge in [0.05, 0.1) is 7.11 Å². The minimum atomic E-state index is -0.178. The Morgan fingerprint density at radius 3 is 2.36 bits per heavy atom. The lowest BCUT2D eigenvalue weighted by atomic mass is 10.1. The van der Waals surface area contributed by atoms with Crippen LogP contribution in [0.1, 0.15) is 57.8 Å². The highest BCUT2D eigenvalue weighted by atomic mass is 79.9. The van der Waals surface area contributed by atoms with Crippen LogP contribution < -0.4 is 0 Å². The quantitative estimate of drug-likeness (QED) is 0.232. The zero-order valence-electron chi connectivity index (χ0n) is 13.4. The maximum absolute atomic E-state index is 10.9. The monoisotopic (exact) mass is 364 g/mol. The molecule has 0 bridgehead atoms. The molecule has 0 aliphatic carbocycles. The molecule has 0 radical (unpaired) electrons. The summed E-state index contributed by atoms with van der Waals surface area (Å²) < 4.78 is 4.55. The van der Waals surface area contributed by atoms with Gasteiger partial charge < -0.3 is 4.74 Å². The van der Waals surface area contributed by atoms with E-state index in [0.29, 0.717) is 12.8 Å². The van der Waals surface area contributed by atoms with Crippen molar-refractivity contribution >= 4 is 21.9 Å². The maximum Gasteiger partial charge on any atom is 0.305 e. The Morgan fingerprint density at radius 2 is 1.68 bits per heavy atom. The van der Waals surface area contributed by atoms with Gasteiger partial charge in [0.2, 0.25) is 0 Å². The molecule has 0 aliphatic heterocycles. The van der Waals surface area contributed by atoms with Crippen LogP contribution in [0.25, 0.3) is 0 Å². The highest BCUT2D eigenvalue weighted by Gasteiger charge is 1.96. The first-order valence-corrected chi connectivity index (χ1v) is 8.67. The minimum Gasteiger partial charge on any atom is -0.469 e. The lowest BCUT2D eigenvalue weighted by Crippen LogP contribution is -1.98. The smallest absolute Gasteiger partial charge is 0.305 e. The van der Waals surface area contributed by atoms with E-state index in [0.717, 1.165) is 25.7 Å². The van der Waals surface area contributed by atoms with Crippen molar-refractivity contribution in [2.45, 2.75) is 57.8 Å². The van der Waals surface area contributed by atoms with Crippen molar-refractivity contribution in [1.82, 2.24) is 0 Å². The number of unbranched alkanes of at least 4 members (excludes halogenated alkanes) is 6. The van der Waals surface area contributed by atoms with Gasteiger partial charge in [0.1, 0.15) is 0 Å². The maximum atomic E-state index is 10.9. The Kier molecular flexibility index (Phi) is 16.4. The predicted octanol–water partition coefficient (Wildman–Crippen LogP) is 5.14. The molecule has 120 valence electrons. The number of methoxy groups -OCH3 is 1. The number of carbonyl (C=O) groups excluding carboxylic acids is 1. The summed E-state index contributed by atoms with van der Waals surface area (Å²) in [5, 5.41) is 0. The van der Waals surface area contributed by atoms with Crippen LogP contribution in [-0.4, -0.2) is 13.1 Å². The Hall–Kier alpha value is -1.45. The van der Waals surface area contributed by atoms with Crippen molar-refractivity contribution in [2.75, 3.05) is 7.11 Å². The first-order valence-electron chi connectivity index (χ1n) is 7.75. The van der Waals surface area contributed by atoms with E-state index in [4.69, 9.17) is 0 Å². The molecule has 0 atom stereocenters. The zero-order valence-corrected chi connectivity index (χ0v) is 15.0. The third-order valence-electron chi connectivity index (χ3n) is 2.89. The van der Waals surface area contributed by atoms with E-state index in [1.54, 1.807) is 0 Å². The molecular formula is C19H25BrO2. The molecule has 0 saturated carbocycles. The fourth-order valence-electron chi connectivity index (χ4n) is 1.68. The summed E-state index contributed by atoms with van der Waals surface area (Å²) in [7, 11) is 1.40. The van der Waals surface area contributed by atoms with Crippen LogP contribution >= 0.6 is 15.9 Å². The number of hydrogen-bond donors (Lipinski definition) is 0. The van der Waals surface area contributed by atoms with Crippen LogP contribution in [0.5, 0.6) is 0 Å². The summed E-state index contributed by atoms with van der Waals surface area (Å²) in [4.78, 5) is 12.7.